The predicted octanol–water partition coefficient (Wildman–Crippen LogP) is 0.400. The number of rotatable bonds is 1. The number of aromatic nitrogens is 4. The van der Waals surface area contributed by atoms with Gasteiger partial charge in [0.25, 0.3) is 0 Å². The Balaban J connectivity index is 2.59. The highest BCUT2D eigenvalue weighted by molar-refractivity contribution is 5.35. The van der Waals surface area contributed by atoms with Gasteiger partial charge in [-0.05, 0) is 23.5 Å². The molecule has 0 spiro atoms. The summed E-state index contributed by atoms with van der Waals surface area (Å²) in [6, 6.07) is 1.97. The molecule has 0 unspecified atom stereocenters. The van der Waals surface area contributed by atoms with Crippen molar-refractivity contribution in [1.29, 1.82) is 0 Å². The number of nitrogens with zero attached hydrogens (tertiary/aromatic N) is 4. The van der Waals surface area contributed by atoms with Crippen LogP contribution in [0, 0.1) is 6.92 Å². The van der Waals surface area contributed by atoms with E-state index in [1.54, 1.807) is 18.9 Å². The number of aryl methyl sites for hydroxylation is 2. The van der Waals surface area contributed by atoms with Crippen LogP contribution in [0.5, 0.6) is 0 Å². The Morgan fingerprint density at radius 1 is 1.38 bits per heavy atom. The summed E-state index contributed by atoms with van der Waals surface area (Å²) in [7, 11) is 1.95. The molecule has 0 aliphatic carbocycles. The Labute approximate surface area is 76.5 Å². The Bertz CT molecular complexity index is 419. The second kappa shape index (κ2) is 2.97. The normalized spacial score (nSPS) is 10.3. The van der Waals surface area contributed by atoms with Crippen LogP contribution in [0.4, 0.5) is 0 Å². The molecule has 2 heterocycles. The first-order valence-corrected chi connectivity index (χ1v) is 4.08. The first-order valence-electron chi connectivity index (χ1n) is 4.08. The van der Waals surface area contributed by atoms with Crippen molar-refractivity contribution in [3.8, 4) is 5.69 Å². The lowest BCUT2D eigenvalue weighted by Gasteiger charge is -2.03. The van der Waals surface area contributed by atoms with E-state index in [1.165, 1.54) is 0 Å². The van der Waals surface area contributed by atoms with Crippen molar-refractivity contribution in [2.24, 2.45) is 7.05 Å². The third kappa shape index (κ3) is 1.30. The standard InChI is InChI=1S/C9H11N4/c1-8-5-10-4-3-9(8)13-7-11-6-12(13)2/h3-7H,1-2H3/q+1. The van der Waals surface area contributed by atoms with Crippen molar-refractivity contribution in [3.63, 3.8) is 0 Å². The van der Waals surface area contributed by atoms with E-state index in [9.17, 15) is 0 Å². The van der Waals surface area contributed by atoms with E-state index in [1.807, 2.05) is 35.6 Å². The average molecular weight is 175 g/mol. The molecule has 0 saturated carbocycles. The third-order valence-corrected chi connectivity index (χ3v) is 1.99. The van der Waals surface area contributed by atoms with E-state index in [4.69, 9.17) is 0 Å². The van der Waals surface area contributed by atoms with Gasteiger partial charge in [0.05, 0.1) is 5.69 Å². The lowest BCUT2D eigenvalue weighted by Crippen LogP contribution is -2.37. The zero-order valence-electron chi connectivity index (χ0n) is 7.68. The van der Waals surface area contributed by atoms with E-state index in [0.717, 1.165) is 11.3 Å². The molecular formula is C9H11N4+. The molecule has 0 aliphatic heterocycles. The lowest BCUT2D eigenvalue weighted by atomic mass is 10.3. The minimum Gasteiger partial charge on any atom is -0.264 e. The molecule has 0 atom stereocenters. The first-order chi connectivity index (χ1) is 6.29. The number of hydrogen-bond acceptors (Lipinski definition) is 2. The van der Waals surface area contributed by atoms with Crippen molar-refractivity contribution in [2.75, 3.05) is 0 Å². The Morgan fingerprint density at radius 3 is 2.85 bits per heavy atom. The van der Waals surface area contributed by atoms with Crippen LogP contribution >= 0.6 is 0 Å². The van der Waals surface area contributed by atoms with Gasteiger partial charge in [0.2, 0.25) is 6.33 Å². The molecule has 66 valence electrons. The highest BCUT2D eigenvalue weighted by Crippen LogP contribution is 2.07. The summed E-state index contributed by atoms with van der Waals surface area (Å²) < 4.78 is 3.89. The minimum atomic E-state index is 1.11. The zero-order chi connectivity index (χ0) is 9.26. The van der Waals surface area contributed by atoms with Crippen LogP contribution in [0.3, 0.4) is 0 Å². The first kappa shape index (κ1) is 7.91. The Kier molecular flexibility index (Phi) is 1.81. The summed E-state index contributed by atoms with van der Waals surface area (Å²) in [6.07, 6.45) is 7.17. The van der Waals surface area contributed by atoms with Crippen molar-refractivity contribution in [2.45, 2.75) is 6.92 Å². The maximum atomic E-state index is 4.04. The molecule has 0 fully saturated rings. The molecule has 0 aromatic carbocycles. The largest absolute Gasteiger partial charge is 0.306 e. The average Bonchev–Trinajstić information content (AvgIpc) is 2.52. The predicted molar refractivity (Wildman–Crippen MR) is 47.3 cm³/mol. The highest BCUT2D eigenvalue weighted by atomic mass is 15.4. The van der Waals surface area contributed by atoms with Crippen molar-refractivity contribution >= 4 is 0 Å². The second-order valence-electron chi connectivity index (χ2n) is 2.96. The van der Waals surface area contributed by atoms with E-state index >= 15 is 0 Å². The maximum absolute atomic E-state index is 4.04. The minimum absolute atomic E-state index is 1.11. The van der Waals surface area contributed by atoms with E-state index in [2.05, 4.69) is 9.97 Å². The molecule has 0 N–H and O–H groups in total. The quantitative estimate of drug-likeness (QED) is 0.588. The van der Waals surface area contributed by atoms with Gasteiger partial charge in [-0.3, -0.25) is 4.98 Å². The number of hydrogen-bond donors (Lipinski definition) is 0. The molecular weight excluding hydrogens is 164 g/mol. The molecule has 13 heavy (non-hydrogen) atoms. The fourth-order valence-electron chi connectivity index (χ4n) is 1.28. The monoisotopic (exact) mass is 175 g/mol. The Hall–Kier alpha value is -1.71. The van der Waals surface area contributed by atoms with Crippen molar-refractivity contribution < 1.29 is 4.68 Å². The smallest absolute Gasteiger partial charge is 0.264 e. The van der Waals surface area contributed by atoms with Crippen LogP contribution in [0.25, 0.3) is 5.69 Å². The fraction of sp³-hybridized carbons (Fsp3) is 0.222. The van der Waals surface area contributed by atoms with Crippen LogP contribution < -0.4 is 4.68 Å². The summed E-state index contributed by atoms with van der Waals surface area (Å²) in [5.41, 5.74) is 2.24. The van der Waals surface area contributed by atoms with Gasteiger partial charge >= 0.3 is 6.33 Å². The topological polar surface area (TPSA) is 34.6 Å². The number of pyridine rings is 1. The van der Waals surface area contributed by atoms with Gasteiger partial charge in [-0.2, -0.15) is 4.68 Å². The second-order valence-corrected chi connectivity index (χ2v) is 2.96. The SMILES string of the molecule is Cc1cnccc1-n1cnc[n+]1C. The van der Waals surface area contributed by atoms with E-state index in [-0.39, 0.29) is 0 Å². The van der Waals surface area contributed by atoms with Gasteiger partial charge in [-0.25, -0.2) is 0 Å². The van der Waals surface area contributed by atoms with Crippen LogP contribution in [-0.4, -0.2) is 14.6 Å². The van der Waals surface area contributed by atoms with E-state index in [0.29, 0.717) is 0 Å². The third-order valence-electron chi connectivity index (χ3n) is 1.99. The van der Waals surface area contributed by atoms with Crippen LogP contribution in [0.2, 0.25) is 0 Å². The van der Waals surface area contributed by atoms with Crippen molar-refractivity contribution in [3.05, 3.63) is 36.7 Å². The summed E-state index contributed by atoms with van der Waals surface area (Å²) in [5.74, 6) is 0. The van der Waals surface area contributed by atoms with Gasteiger partial charge in [-0.15, -0.1) is 4.68 Å². The van der Waals surface area contributed by atoms with E-state index < -0.39 is 0 Å². The van der Waals surface area contributed by atoms with Gasteiger partial charge in [-0.1, -0.05) is 0 Å². The lowest BCUT2D eigenvalue weighted by molar-refractivity contribution is -0.745. The summed E-state index contributed by atoms with van der Waals surface area (Å²) >= 11 is 0. The molecule has 0 bridgehead atoms. The fourth-order valence-corrected chi connectivity index (χ4v) is 1.28. The summed E-state index contributed by atoms with van der Waals surface area (Å²) in [6.45, 7) is 2.03. The van der Waals surface area contributed by atoms with Crippen molar-refractivity contribution in [1.82, 2.24) is 14.6 Å². The molecule has 2 aromatic rings. The molecule has 0 radical (unpaired) electrons. The van der Waals surface area contributed by atoms with Gasteiger partial charge in [0.15, 0.2) is 0 Å². The molecule has 2 rings (SSSR count). The Morgan fingerprint density at radius 2 is 2.23 bits per heavy atom. The summed E-state index contributed by atoms with van der Waals surface area (Å²) in [4.78, 5) is 8.09. The molecule has 4 heteroatoms. The van der Waals surface area contributed by atoms with Gasteiger partial charge < -0.3 is 0 Å². The zero-order valence-corrected chi connectivity index (χ0v) is 7.68. The summed E-state index contributed by atoms with van der Waals surface area (Å²) in [5, 5.41) is 0. The molecule has 0 saturated heterocycles. The molecule has 4 nitrogen and oxygen atoms in total. The van der Waals surface area contributed by atoms with Crippen LogP contribution in [0.1, 0.15) is 5.56 Å². The van der Waals surface area contributed by atoms with Crippen LogP contribution in [-0.2, 0) is 7.05 Å². The molecule has 0 aliphatic rings. The van der Waals surface area contributed by atoms with Gasteiger partial charge in [0.1, 0.15) is 7.05 Å². The molecule has 0 amide bonds. The highest BCUT2D eigenvalue weighted by Gasteiger charge is 2.07. The van der Waals surface area contributed by atoms with Crippen LogP contribution in [0.15, 0.2) is 31.1 Å². The maximum Gasteiger partial charge on any atom is 0.306 e. The van der Waals surface area contributed by atoms with Gasteiger partial charge in [0, 0.05) is 12.4 Å². The molecule has 2 aromatic heterocycles.